The Hall–Kier alpha value is -1.02. The SMILES string of the molecule is Cc1ccc(C)c(N2CC(C)(C3CC3)NCC2C)c1. The average molecular weight is 258 g/mol. The molecule has 2 fully saturated rings. The summed E-state index contributed by atoms with van der Waals surface area (Å²) in [6, 6.07) is 7.40. The van der Waals surface area contributed by atoms with Crippen LogP contribution >= 0.6 is 0 Å². The maximum Gasteiger partial charge on any atom is 0.0402 e. The van der Waals surface area contributed by atoms with Gasteiger partial charge in [0.1, 0.15) is 0 Å². The minimum atomic E-state index is 0.308. The molecule has 1 aliphatic carbocycles. The molecule has 1 aromatic carbocycles. The first-order valence-electron chi connectivity index (χ1n) is 7.58. The highest BCUT2D eigenvalue weighted by molar-refractivity contribution is 5.56. The minimum Gasteiger partial charge on any atom is -0.365 e. The molecule has 2 unspecified atom stereocenters. The van der Waals surface area contributed by atoms with Gasteiger partial charge in [-0.3, -0.25) is 0 Å². The molecule has 0 bridgehead atoms. The van der Waals surface area contributed by atoms with E-state index in [1.165, 1.54) is 29.7 Å². The third kappa shape index (κ3) is 2.38. The van der Waals surface area contributed by atoms with E-state index in [1.807, 2.05) is 0 Å². The molecule has 2 nitrogen and oxygen atoms in total. The Balaban J connectivity index is 1.90. The molecular formula is C17H26N2. The van der Waals surface area contributed by atoms with E-state index in [1.54, 1.807) is 0 Å². The number of anilines is 1. The molecule has 0 spiro atoms. The van der Waals surface area contributed by atoms with Gasteiger partial charge in [-0.15, -0.1) is 0 Å². The molecule has 2 heteroatoms. The van der Waals surface area contributed by atoms with Crippen LogP contribution in [0, 0.1) is 19.8 Å². The molecule has 2 atom stereocenters. The maximum atomic E-state index is 3.80. The van der Waals surface area contributed by atoms with Crippen molar-refractivity contribution in [3.8, 4) is 0 Å². The van der Waals surface area contributed by atoms with E-state index >= 15 is 0 Å². The van der Waals surface area contributed by atoms with Crippen molar-refractivity contribution in [1.82, 2.24) is 5.32 Å². The summed E-state index contributed by atoms with van der Waals surface area (Å²) >= 11 is 0. The first kappa shape index (κ1) is 13.0. The number of aryl methyl sites for hydroxylation is 2. The quantitative estimate of drug-likeness (QED) is 0.876. The summed E-state index contributed by atoms with van der Waals surface area (Å²) in [5, 5.41) is 3.80. The standard InChI is InChI=1S/C17H26N2/c1-12-5-6-13(2)16(9-12)19-11-17(4,15-7-8-15)18-10-14(19)3/h5-6,9,14-15,18H,7-8,10-11H2,1-4H3. The predicted octanol–water partition coefficient (Wildman–Crippen LogP) is 3.27. The van der Waals surface area contributed by atoms with Gasteiger partial charge < -0.3 is 10.2 Å². The van der Waals surface area contributed by atoms with Gasteiger partial charge in [0.2, 0.25) is 0 Å². The second-order valence-corrected chi connectivity index (χ2v) is 6.84. The molecular weight excluding hydrogens is 232 g/mol. The number of hydrogen-bond acceptors (Lipinski definition) is 2. The second-order valence-electron chi connectivity index (χ2n) is 6.84. The van der Waals surface area contributed by atoms with Crippen molar-refractivity contribution in [1.29, 1.82) is 0 Å². The number of nitrogens with one attached hydrogen (secondary N) is 1. The smallest absolute Gasteiger partial charge is 0.0402 e. The largest absolute Gasteiger partial charge is 0.365 e. The molecule has 19 heavy (non-hydrogen) atoms. The van der Waals surface area contributed by atoms with Crippen molar-refractivity contribution < 1.29 is 0 Å². The van der Waals surface area contributed by atoms with Crippen LogP contribution in [0.1, 0.15) is 37.8 Å². The van der Waals surface area contributed by atoms with E-state index in [-0.39, 0.29) is 0 Å². The molecule has 0 radical (unpaired) electrons. The van der Waals surface area contributed by atoms with Crippen LogP contribution in [0.15, 0.2) is 18.2 Å². The monoisotopic (exact) mass is 258 g/mol. The molecule has 1 N–H and O–H groups in total. The van der Waals surface area contributed by atoms with Gasteiger partial charge in [-0.2, -0.15) is 0 Å². The zero-order chi connectivity index (χ0) is 13.6. The molecule has 0 amide bonds. The normalized spacial score (nSPS) is 31.6. The Kier molecular flexibility index (Phi) is 3.09. The minimum absolute atomic E-state index is 0.308. The van der Waals surface area contributed by atoms with E-state index in [4.69, 9.17) is 0 Å². The van der Waals surface area contributed by atoms with Crippen LogP contribution in [-0.4, -0.2) is 24.7 Å². The highest BCUT2D eigenvalue weighted by Crippen LogP contribution is 2.42. The fraction of sp³-hybridized carbons (Fsp3) is 0.647. The summed E-state index contributed by atoms with van der Waals surface area (Å²) in [5.41, 5.74) is 4.50. The van der Waals surface area contributed by atoms with Crippen LogP contribution in [0.2, 0.25) is 0 Å². The maximum absolute atomic E-state index is 3.80. The van der Waals surface area contributed by atoms with Crippen molar-refractivity contribution in [3.05, 3.63) is 29.3 Å². The van der Waals surface area contributed by atoms with Crippen LogP contribution in [0.25, 0.3) is 0 Å². The second kappa shape index (κ2) is 4.52. The molecule has 1 aromatic rings. The van der Waals surface area contributed by atoms with Crippen LogP contribution in [0.5, 0.6) is 0 Å². The lowest BCUT2D eigenvalue weighted by molar-refractivity contribution is 0.260. The Morgan fingerprint density at radius 1 is 1.26 bits per heavy atom. The molecule has 3 rings (SSSR count). The van der Waals surface area contributed by atoms with Crippen molar-refractivity contribution in [2.24, 2.45) is 5.92 Å². The highest BCUT2D eigenvalue weighted by atomic mass is 15.3. The van der Waals surface area contributed by atoms with E-state index in [9.17, 15) is 0 Å². The topological polar surface area (TPSA) is 15.3 Å². The third-order valence-corrected chi connectivity index (χ3v) is 4.98. The molecule has 0 aromatic heterocycles. The lowest BCUT2D eigenvalue weighted by Crippen LogP contribution is -2.63. The lowest BCUT2D eigenvalue weighted by Gasteiger charge is -2.47. The van der Waals surface area contributed by atoms with Crippen molar-refractivity contribution in [2.45, 2.75) is 52.1 Å². The number of benzene rings is 1. The summed E-state index contributed by atoms with van der Waals surface area (Å²) in [6.45, 7) is 11.4. The van der Waals surface area contributed by atoms with E-state index in [2.05, 4.69) is 56.1 Å². The van der Waals surface area contributed by atoms with Gasteiger partial charge in [0.05, 0.1) is 0 Å². The van der Waals surface area contributed by atoms with Crippen molar-refractivity contribution in [3.63, 3.8) is 0 Å². The van der Waals surface area contributed by atoms with Gasteiger partial charge in [-0.25, -0.2) is 0 Å². The number of nitrogens with zero attached hydrogens (tertiary/aromatic N) is 1. The third-order valence-electron chi connectivity index (χ3n) is 4.98. The molecule has 1 saturated heterocycles. The summed E-state index contributed by atoms with van der Waals surface area (Å²) in [4.78, 5) is 2.62. The van der Waals surface area contributed by atoms with Gasteiger partial charge >= 0.3 is 0 Å². The summed E-state index contributed by atoms with van der Waals surface area (Å²) in [6.07, 6.45) is 2.80. The van der Waals surface area contributed by atoms with Crippen molar-refractivity contribution >= 4 is 5.69 Å². The molecule has 2 aliphatic rings. The Morgan fingerprint density at radius 2 is 2.00 bits per heavy atom. The van der Waals surface area contributed by atoms with E-state index in [0.717, 1.165) is 19.0 Å². The molecule has 1 aliphatic heterocycles. The first-order valence-corrected chi connectivity index (χ1v) is 7.58. The van der Waals surface area contributed by atoms with Gasteiger partial charge in [0, 0.05) is 30.4 Å². The molecule has 104 valence electrons. The molecule has 1 saturated carbocycles. The van der Waals surface area contributed by atoms with Gasteiger partial charge in [0.15, 0.2) is 0 Å². The average Bonchev–Trinajstić information content (AvgIpc) is 3.20. The van der Waals surface area contributed by atoms with E-state index in [0.29, 0.717) is 11.6 Å². The van der Waals surface area contributed by atoms with Gasteiger partial charge in [-0.05, 0) is 63.6 Å². The fourth-order valence-electron chi connectivity index (χ4n) is 3.40. The Morgan fingerprint density at radius 3 is 2.68 bits per heavy atom. The number of rotatable bonds is 2. The van der Waals surface area contributed by atoms with Crippen LogP contribution < -0.4 is 10.2 Å². The van der Waals surface area contributed by atoms with Crippen LogP contribution in [-0.2, 0) is 0 Å². The van der Waals surface area contributed by atoms with E-state index < -0.39 is 0 Å². The summed E-state index contributed by atoms with van der Waals surface area (Å²) in [5.74, 6) is 0.882. The van der Waals surface area contributed by atoms with Crippen LogP contribution in [0.4, 0.5) is 5.69 Å². The summed E-state index contributed by atoms with van der Waals surface area (Å²) in [7, 11) is 0. The van der Waals surface area contributed by atoms with Gasteiger partial charge in [0.25, 0.3) is 0 Å². The zero-order valence-electron chi connectivity index (χ0n) is 12.7. The number of piperazine rings is 1. The Bertz CT molecular complexity index is 478. The summed E-state index contributed by atoms with van der Waals surface area (Å²) < 4.78 is 0. The zero-order valence-corrected chi connectivity index (χ0v) is 12.7. The lowest BCUT2D eigenvalue weighted by atomic mass is 9.90. The van der Waals surface area contributed by atoms with Crippen LogP contribution in [0.3, 0.4) is 0 Å². The Labute approximate surface area is 117 Å². The predicted molar refractivity (Wildman–Crippen MR) is 81.9 cm³/mol. The van der Waals surface area contributed by atoms with Crippen molar-refractivity contribution in [2.75, 3.05) is 18.0 Å². The number of hydrogen-bond donors (Lipinski definition) is 1. The van der Waals surface area contributed by atoms with Gasteiger partial charge in [-0.1, -0.05) is 12.1 Å². The first-order chi connectivity index (χ1) is 8.99. The fourth-order valence-corrected chi connectivity index (χ4v) is 3.40. The highest BCUT2D eigenvalue weighted by Gasteiger charge is 2.45. The molecule has 1 heterocycles.